The Bertz CT molecular complexity index is 3320. The van der Waals surface area contributed by atoms with Crippen LogP contribution >= 0.6 is 0 Å². The van der Waals surface area contributed by atoms with E-state index >= 15 is 0 Å². The number of aromatic nitrogens is 3. The fourth-order valence-electron chi connectivity index (χ4n) is 8.18. The topological polar surface area (TPSA) is 43.9 Å². The molecule has 0 aliphatic carbocycles. The van der Waals surface area contributed by atoms with Crippen molar-refractivity contribution >= 4 is 43.7 Å². The van der Waals surface area contributed by atoms with E-state index in [0.29, 0.717) is 5.56 Å². The zero-order valence-electron chi connectivity index (χ0n) is 40.1. The molecule has 1 radical (unpaired) electrons. The second-order valence-corrected chi connectivity index (χ2v) is 17.0. The largest absolute Gasteiger partial charge is 0.501 e. The molecule has 0 bridgehead atoms. The van der Waals surface area contributed by atoms with Crippen LogP contribution in [0.2, 0.25) is 0 Å². The van der Waals surface area contributed by atoms with Gasteiger partial charge in [0.05, 0.1) is 22.4 Å². The van der Waals surface area contributed by atoms with Crippen molar-refractivity contribution in [2.24, 2.45) is 5.41 Å². The van der Waals surface area contributed by atoms with Gasteiger partial charge in [-0.3, -0.25) is 4.98 Å². The first kappa shape index (κ1) is 37.6. The van der Waals surface area contributed by atoms with Gasteiger partial charge in [-0.2, -0.15) is 0 Å². The number of nitrogens with zero attached hydrogens (tertiary/aromatic N) is 3. The molecule has 0 saturated heterocycles. The molecular formula is C57H51IrN3O-2. The maximum Gasteiger partial charge on any atom is 0.121 e. The molecule has 311 valence electrons. The first-order valence-electron chi connectivity index (χ1n) is 22.8. The van der Waals surface area contributed by atoms with E-state index < -0.39 is 23.6 Å². The smallest absolute Gasteiger partial charge is 0.121 e. The summed E-state index contributed by atoms with van der Waals surface area (Å²) >= 11 is 0. The second kappa shape index (κ2) is 17.7. The molecule has 0 unspecified atom stereocenters. The first-order valence-corrected chi connectivity index (χ1v) is 20.8. The van der Waals surface area contributed by atoms with Crippen LogP contribution in [0.1, 0.15) is 82.4 Å². The van der Waals surface area contributed by atoms with Crippen molar-refractivity contribution in [2.75, 3.05) is 0 Å². The average Bonchev–Trinajstić information content (AvgIpc) is 3.88. The maximum absolute atomic E-state index is 8.80. The van der Waals surface area contributed by atoms with Gasteiger partial charge in [0.1, 0.15) is 5.58 Å². The van der Waals surface area contributed by atoms with Gasteiger partial charge < -0.3 is 14.0 Å². The summed E-state index contributed by atoms with van der Waals surface area (Å²) in [5, 5.41) is 4.51. The van der Waals surface area contributed by atoms with Gasteiger partial charge in [0.25, 0.3) is 0 Å². The van der Waals surface area contributed by atoms with E-state index in [-0.39, 0.29) is 20.1 Å². The van der Waals surface area contributed by atoms with Crippen molar-refractivity contribution in [1.29, 1.82) is 0 Å². The summed E-state index contributed by atoms with van der Waals surface area (Å²) in [4.78, 5) is 9.57. The van der Waals surface area contributed by atoms with Crippen LogP contribution in [0.4, 0.5) is 0 Å². The predicted molar refractivity (Wildman–Crippen MR) is 255 cm³/mol. The Kier molecular flexibility index (Phi) is 10.7. The van der Waals surface area contributed by atoms with Gasteiger partial charge in [-0.15, -0.1) is 54.1 Å². The summed E-state index contributed by atoms with van der Waals surface area (Å²) in [7, 11) is 0. The van der Waals surface area contributed by atoms with Gasteiger partial charge >= 0.3 is 0 Å². The van der Waals surface area contributed by atoms with Crippen LogP contribution in [-0.2, 0) is 26.5 Å². The summed E-state index contributed by atoms with van der Waals surface area (Å²) in [6.45, 7) is 13.3. The number of fused-ring (bicyclic) bond motifs is 6. The number of benzene rings is 7. The number of imidazole rings is 1. The standard InChI is InChI=1S/C32H26NO.C25H25N2.Ir/c1-32(2,3)20-21-11-13-22(14-12-21)24-17-18-33-28(19-24)26-9-6-10-27-30-25-8-5-4-7-23(25)15-16-29(30)34-31(26)27;1-17(2)20-13-10-14-21(18(3)4)24(20)27-23-16-9-8-15-22(23)26-25(27)19-11-6-5-7-12-19;/h4-8,10-19H,20H2,1-3H3;5-11,13-18H,1-4H3;/q2*-1;/i20D2;17D,18D;. The van der Waals surface area contributed by atoms with E-state index in [1.807, 2.05) is 164 Å². The maximum atomic E-state index is 8.80. The third-order valence-electron chi connectivity index (χ3n) is 10.9. The summed E-state index contributed by atoms with van der Waals surface area (Å²) in [5.74, 6) is -0.895. The predicted octanol–water partition coefficient (Wildman–Crippen LogP) is 15.6. The molecule has 62 heavy (non-hydrogen) atoms. The molecule has 0 amide bonds. The van der Waals surface area contributed by atoms with E-state index in [0.717, 1.165) is 83.6 Å². The van der Waals surface area contributed by atoms with E-state index in [9.17, 15) is 0 Å². The minimum absolute atomic E-state index is 0. The van der Waals surface area contributed by atoms with Crippen molar-refractivity contribution in [2.45, 2.75) is 66.6 Å². The van der Waals surface area contributed by atoms with Crippen molar-refractivity contribution in [3.8, 4) is 39.5 Å². The molecular weight excluding hydrogens is 935 g/mol. The fourth-order valence-corrected chi connectivity index (χ4v) is 8.18. The fraction of sp³-hybridized carbons (Fsp3) is 0.193. The molecule has 5 heteroatoms. The van der Waals surface area contributed by atoms with Crippen LogP contribution in [0, 0.1) is 17.5 Å². The Balaban J connectivity index is 0.000000181. The number of furan rings is 1. The van der Waals surface area contributed by atoms with Crippen molar-refractivity contribution in [3.63, 3.8) is 0 Å². The molecule has 3 heterocycles. The van der Waals surface area contributed by atoms with Crippen LogP contribution in [0.5, 0.6) is 0 Å². The minimum Gasteiger partial charge on any atom is -0.501 e. The number of pyridine rings is 1. The van der Waals surface area contributed by atoms with Crippen LogP contribution in [0.15, 0.2) is 162 Å². The minimum atomic E-state index is -1.43. The van der Waals surface area contributed by atoms with E-state index in [1.165, 1.54) is 10.8 Å². The monoisotopic (exact) mass is 990 g/mol. The van der Waals surface area contributed by atoms with E-state index in [2.05, 4.69) is 58.1 Å². The molecule has 7 aromatic carbocycles. The van der Waals surface area contributed by atoms with Gasteiger partial charge in [0.2, 0.25) is 0 Å². The van der Waals surface area contributed by atoms with Crippen LogP contribution in [-0.4, -0.2) is 14.5 Å². The molecule has 0 atom stereocenters. The number of para-hydroxylation sites is 3. The molecule has 0 aliphatic rings. The summed E-state index contributed by atoms with van der Waals surface area (Å²) < 4.78 is 43.2. The summed E-state index contributed by atoms with van der Waals surface area (Å²) in [5.41, 5.74) is 10.8. The van der Waals surface area contributed by atoms with Crippen LogP contribution in [0.3, 0.4) is 0 Å². The summed E-state index contributed by atoms with van der Waals surface area (Å²) in [6.07, 6.45) is 0.378. The van der Waals surface area contributed by atoms with Gasteiger partial charge in [0.15, 0.2) is 0 Å². The Morgan fingerprint density at radius 1 is 0.710 bits per heavy atom. The number of hydrogen-bond acceptors (Lipinski definition) is 3. The normalized spacial score (nSPS) is 13.2. The van der Waals surface area contributed by atoms with Gasteiger partial charge in [-0.1, -0.05) is 150 Å². The summed E-state index contributed by atoms with van der Waals surface area (Å²) in [6, 6.07) is 56.6. The quantitative estimate of drug-likeness (QED) is 0.149. The zero-order valence-corrected chi connectivity index (χ0v) is 38.5. The Hall–Kier alpha value is -6.13. The Labute approximate surface area is 384 Å². The number of hydrogen-bond donors (Lipinski definition) is 0. The second-order valence-electron chi connectivity index (χ2n) is 17.0. The molecule has 0 saturated carbocycles. The molecule has 0 fully saturated rings. The molecule has 10 rings (SSSR count). The third kappa shape index (κ3) is 8.40. The van der Waals surface area contributed by atoms with Crippen molar-refractivity contribution < 1.29 is 30.0 Å². The molecule has 10 aromatic rings. The van der Waals surface area contributed by atoms with Gasteiger partial charge in [0, 0.05) is 42.9 Å². The molecule has 0 spiro atoms. The average molecular weight is 990 g/mol. The number of rotatable bonds is 7. The van der Waals surface area contributed by atoms with Crippen molar-refractivity contribution in [1.82, 2.24) is 14.5 Å². The van der Waals surface area contributed by atoms with Gasteiger partial charge in [-0.05, 0) is 92.1 Å². The molecule has 0 N–H and O–H groups in total. The van der Waals surface area contributed by atoms with Crippen LogP contribution < -0.4 is 0 Å². The molecule has 4 nitrogen and oxygen atoms in total. The third-order valence-corrected chi connectivity index (χ3v) is 10.9. The van der Waals surface area contributed by atoms with Crippen molar-refractivity contribution in [3.05, 3.63) is 187 Å². The SMILES string of the molecule is [2H]C(C)(C)c1cccc(C([2H])(C)C)c1-n1c(-c2[c-]cccc2)nc2ccccc21.[2H]C([2H])(c1ccc(-c2ccnc(-c3[c-]ccc4c3oc3ccc5ccccc5c34)c2)cc1)C(C)(C)C.[Ir]. The van der Waals surface area contributed by atoms with Gasteiger partial charge in [-0.25, -0.2) is 0 Å². The Morgan fingerprint density at radius 2 is 1.44 bits per heavy atom. The Morgan fingerprint density at radius 3 is 2.16 bits per heavy atom. The molecule has 0 aliphatic heterocycles. The van der Waals surface area contributed by atoms with E-state index in [1.54, 1.807) is 6.20 Å². The molecule has 3 aromatic heterocycles. The van der Waals surface area contributed by atoms with Crippen LogP contribution in [0.25, 0.3) is 83.2 Å². The van der Waals surface area contributed by atoms with E-state index in [4.69, 9.17) is 14.9 Å². The zero-order chi connectivity index (χ0) is 45.9. The first-order chi connectivity index (χ1) is 30.9.